The number of rotatable bonds is 4. The third-order valence-electron chi connectivity index (χ3n) is 8.56. The van der Waals surface area contributed by atoms with E-state index in [0.29, 0.717) is 18.3 Å². The lowest BCUT2D eigenvalue weighted by Gasteiger charge is -2.57. The smallest absolute Gasteiger partial charge is 0.249 e. The minimum atomic E-state index is -2.50. The van der Waals surface area contributed by atoms with Crippen LogP contribution in [0.4, 0.5) is 8.78 Å². The van der Waals surface area contributed by atoms with Gasteiger partial charge in [0.05, 0.1) is 35.4 Å². The van der Waals surface area contributed by atoms with E-state index in [9.17, 15) is 8.78 Å². The molecule has 9 heteroatoms. The van der Waals surface area contributed by atoms with Crippen molar-refractivity contribution in [3.8, 4) is 0 Å². The predicted octanol–water partition coefficient (Wildman–Crippen LogP) is 5.50. The first-order valence-electron chi connectivity index (χ1n) is 12.8. The first kappa shape index (κ1) is 21.7. The lowest BCUT2D eigenvalue weighted by Crippen LogP contribution is -2.53. The SMILES string of the molecule is Cc1nc2nc(C3CCOC(c4cnn(C5CC5)c4)C3)nc(C3CC4(C3)CC(F)(F)C4)c2nc1C. The van der Waals surface area contributed by atoms with Gasteiger partial charge in [-0.15, -0.1) is 0 Å². The monoisotopic (exact) mass is 480 g/mol. The summed E-state index contributed by atoms with van der Waals surface area (Å²) in [5, 5.41) is 4.54. The summed E-state index contributed by atoms with van der Waals surface area (Å²) in [6, 6.07) is 0.543. The van der Waals surface area contributed by atoms with Gasteiger partial charge in [0.2, 0.25) is 5.92 Å². The van der Waals surface area contributed by atoms with E-state index in [0.717, 1.165) is 59.7 Å². The van der Waals surface area contributed by atoms with E-state index in [4.69, 9.17) is 24.7 Å². The van der Waals surface area contributed by atoms with E-state index in [1.165, 1.54) is 12.8 Å². The quantitative estimate of drug-likeness (QED) is 0.491. The van der Waals surface area contributed by atoms with Crippen LogP contribution < -0.4 is 0 Å². The van der Waals surface area contributed by atoms with Gasteiger partial charge in [-0.1, -0.05) is 0 Å². The summed E-state index contributed by atoms with van der Waals surface area (Å²) in [5.41, 5.74) is 4.86. The van der Waals surface area contributed by atoms with Crippen LogP contribution in [0.25, 0.3) is 11.2 Å². The maximum Gasteiger partial charge on any atom is 0.249 e. The van der Waals surface area contributed by atoms with Gasteiger partial charge in [-0.25, -0.2) is 28.7 Å². The van der Waals surface area contributed by atoms with Gasteiger partial charge in [0.1, 0.15) is 11.3 Å². The number of alkyl halides is 2. The predicted molar refractivity (Wildman–Crippen MR) is 124 cm³/mol. The van der Waals surface area contributed by atoms with Gasteiger partial charge < -0.3 is 4.74 Å². The highest BCUT2D eigenvalue weighted by Gasteiger charge is 2.62. The molecule has 0 radical (unpaired) electrons. The Labute approximate surface area is 202 Å². The fraction of sp³-hybridized carbons (Fsp3) is 0.654. The molecule has 2 unspecified atom stereocenters. The Balaban J connectivity index is 1.19. The van der Waals surface area contributed by atoms with E-state index in [1.807, 2.05) is 20.0 Å². The maximum atomic E-state index is 13.6. The van der Waals surface area contributed by atoms with Crippen LogP contribution in [0.2, 0.25) is 0 Å². The zero-order chi connectivity index (χ0) is 23.9. The lowest BCUT2D eigenvalue weighted by atomic mass is 9.49. The van der Waals surface area contributed by atoms with Crippen LogP contribution in [-0.4, -0.2) is 42.2 Å². The average molecular weight is 481 g/mol. The number of hydrogen-bond acceptors (Lipinski definition) is 6. The highest BCUT2D eigenvalue weighted by molar-refractivity contribution is 5.74. The molecule has 0 amide bonds. The van der Waals surface area contributed by atoms with Gasteiger partial charge in [-0.3, -0.25) is 4.68 Å². The summed E-state index contributed by atoms with van der Waals surface area (Å²) in [6.07, 6.45) is 9.57. The van der Waals surface area contributed by atoms with Gasteiger partial charge in [0.15, 0.2) is 5.65 Å². The molecule has 0 bridgehead atoms. The summed E-state index contributed by atoms with van der Waals surface area (Å²) in [4.78, 5) is 19.5. The Morgan fingerprint density at radius 3 is 2.49 bits per heavy atom. The minimum Gasteiger partial charge on any atom is -0.373 e. The Kier molecular flexibility index (Phi) is 4.64. The second-order valence-electron chi connectivity index (χ2n) is 11.4. The Bertz CT molecular complexity index is 1300. The molecule has 4 heterocycles. The van der Waals surface area contributed by atoms with Gasteiger partial charge in [-0.2, -0.15) is 5.10 Å². The van der Waals surface area contributed by atoms with Crippen LogP contribution in [0.1, 0.15) is 104 Å². The molecule has 2 atom stereocenters. The molecule has 3 aromatic heterocycles. The van der Waals surface area contributed by atoms with Crippen LogP contribution in [0.15, 0.2) is 12.4 Å². The number of aromatic nitrogens is 6. The number of hydrogen-bond donors (Lipinski definition) is 0. The number of halogens is 2. The normalized spacial score (nSPS) is 27.7. The zero-order valence-corrected chi connectivity index (χ0v) is 20.2. The molecule has 1 spiro atoms. The summed E-state index contributed by atoms with van der Waals surface area (Å²) < 4.78 is 35.4. The van der Waals surface area contributed by atoms with Crippen LogP contribution in [0, 0.1) is 19.3 Å². The Hall–Kier alpha value is -2.55. The first-order chi connectivity index (χ1) is 16.8. The fourth-order valence-electron chi connectivity index (χ4n) is 6.45. The van der Waals surface area contributed by atoms with Gasteiger partial charge in [0, 0.05) is 43.0 Å². The molecule has 1 saturated heterocycles. The molecular weight excluding hydrogens is 450 g/mol. The van der Waals surface area contributed by atoms with Gasteiger partial charge >= 0.3 is 0 Å². The molecule has 7 nitrogen and oxygen atoms in total. The third-order valence-corrected chi connectivity index (χ3v) is 8.56. The summed E-state index contributed by atoms with van der Waals surface area (Å²) >= 11 is 0. The Morgan fingerprint density at radius 1 is 0.971 bits per heavy atom. The molecule has 0 N–H and O–H groups in total. The lowest BCUT2D eigenvalue weighted by molar-refractivity contribution is -0.196. The highest BCUT2D eigenvalue weighted by Crippen LogP contribution is 2.67. The van der Waals surface area contributed by atoms with Crippen molar-refractivity contribution in [3.05, 3.63) is 40.9 Å². The van der Waals surface area contributed by atoms with Crippen LogP contribution in [0.5, 0.6) is 0 Å². The maximum absolute atomic E-state index is 13.6. The highest BCUT2D eigenvalue weighted by atomic mass is 19.3. The molecule has 1 aliphatic heterocycles. The second-order valence-corrected chi connectivity index (χ2v) is 11.4. The molecule has 4 aliphatic rings. The Morgan fingerprint density at radius 2 is 1.74 bits per heavy atom. The standard InChI is InChI=1S/C26H30F2N6O/c1-14-15(2)31-24-22(30-14)21(17-8-25(9-17)12-26(27,28)13-25)32-23(33-24)16-5-6-35-20(7-16)18-10-29-34(11-18)19-3-4-19/h10-11,16-17,19-20H,3-9,12-13H2,1-2H3. The number of ether oxygens (including phenoxy) is 1. The molecule has 3 aromatic rings. The van der Waals surface area contributed by atoms with Crippen molar-refractivity contribution < 1.29 is 13.5 Å². The van der Waals surface area contributed by atoms with Crippen LogP contribution in [0.3, 0.4) is 0 Å². The molecule has 35 heavy (non-hydrogen) atoms. The fourth-order valence-corrected chi connectivity index (χ4v) is 6.45. The third kappa shape index (κ3) is 3.74. The molecule has 0 aromatic carbocycles. The van der Waals surface area contributed by atoms with Crippen molar-refractivity contribution in [3.63, 3.8) is 0 Å². The molecule has 4 fully saturated rings. The molecule has 3 saturated carbocycles. The molecule has 7 rings (SSSR count). The number of aryl methyl sites for hydroxylation is 2. The van der Waals surface area contributed by atoms with Crippen molar-refractivity contribution in [2.45, 2.75) is 95.1 Å². The van der Waals surface area contributed by atoms with Gasteiger partial charge in [-0.05, 0) is 57.8 Å². The molecule has 184 valence electrons. The number of nitrogens with zero attached hydrogens (tertiary/aromatic N) is 6. The van der Waals surface area contributed by atoms with E-state index in [-0.39, 0.29) is 36.2 Å². The summed E-state index contributed by atoms with van der Waals surface area (Å²) in [7, 11) is 0. The van der Waals surface area contributed by atoms with Crippen LogP contribution >= 0.6 is 0 Å². The topological polar surface area (TPSA) is 78.6 Å². The summed E-state index contributed by atoms with van der Waals surface area (Å²) in [5.74, 6) is -1.43. The summed E-state index contributed by atoms with van der Waals surface area (Å²) in [6.45, 7) is 4.53. The van der Waals surface area contributed by atoms with E-state index < -0.39 is 5.92 Å². The van der Waals surface area contributed by atoms with Gasteiger partial charge in [0.25, 0.3) is 0 Å². The van der Waals surface area contributed by atoms with Crippen LogP contribution in [-0.2, 0) is 4.74 Å². The molecular formula is C26H30F2N6O. The zero-order valence-electron chi connectivity index (χ0n) is 20.2. The first-order valence-corrected chi connectivity index (χ1v) is 12.8. The average Bonchev–Trinajstić information content (AvgIpc) is 3.52. The van der Waals surface area contributed by atoms with E-state index in [2.05, 4.69) is 16.0 Å². The van der Waals surface area contributed by atoms with Crippen molar-refractivity contribution in [2.24, 2.45) is 5.41 Å². The number of fused-ring (bicyclic) bond motifs is 1. The largest absolute Gasteiger partial charge is 0.373 e. The second kappa shape index (κ2) is 7.48. The van der Waals surface area contributed by atoms with Crippen molar-refractivity contribution in [2.75, 3.05) is 6.61 Å². The molecule has 3 aliphatic carbocycles. The minimum absolute atomic E-state index is 0.00632. The van der Waals surface area contributed by atoms with E-state index >= 15 is 0 Å². The van der Waals surface area contributed by atoms with E-state index in [1.54, 1.807) is 0 Å². The van der Waals surface area contributed by atoms with Crippen molar-refractivity contribution >= 4 is 11.2 Å². The van der Waals surface area contributed by atoms with Crippen molar-refractivity contribution in [1.82, 2.24) is 29.7 Å². The van der Waals surface area contributed by atoms with Crippen molar-refractivity contribution in [1.29, 1.82) is 0 Å².